The molecule has 0 fully saturated rings. The zero-order chi connectivity index (χ0) is 14.5. The minimum atomic E-state index is -3.76. The van der Waals surface area contributed by atoms with Crippen LogP contribution in [0.1, 0.15) is 12.5 Å². The van der Waals surface area contributed by atoms with Gasteiger partial charge in [0.15, 0.2) is 15.1 Å². The molecule has 0 aliphatic rings. The molecule has 0 heterocycles. The summed E-state index contributed by atoms with van der Waals surface area (Å²) in [5.41, 5.74) is 0.684. The van der Waals surface area contributed by atoms with Crippen LogP contribution in [0.4, 0.5) is 0 Å². The number of benzene rings is 1. The first kappa shape index (κ1) is 15.7. The van der Waals surface area contributed by atoms with E-state index < -0.39 is 27.2 Å². The van der Waals surface area contributed by atoms with Gasteiger partial charge in [0.1, 0.15) is 0 Å². The van der Waals surface area contributed by atoms with Crippen molar-refractivity contribution in [3.63, 3.8) is 0 Å². The Morgan fingerprint density at radius 3 is 2.37 bits per heavy atom. The van der Waals surface area contributed by atoms with Crippen molar-refractivity contribution in [3.8, 4) is 0 Å². The van der Waals surface area contributed by atoms with Gasteiger partial charge < -0.3 is 9.84 Å². The zero-order valence-corrected chi connectivity index (χ0v) is 11.8. The molecule has 0 aliphatic carbocycles. The van der Waals surface area contributed by atoms with E-state index in [0.29, 0.717) is 5.56 Å². The third-order valence-corrected chi connectivity index (χ3v) is 5.01. The smallest absolute Gasteiger partial charge is 0.322 e. The molecule has 0 saturated heterocycles. The van der Waals surface area contributed by atoms with Gasteiger partial charge in [-0.1, -0.05) is 30.3 Å². The van der Waals surface area contributed by atoms with E-state index in [1.807, 2.05) is 0 Å². The van der Waals surface area contributed by atoms with Crippen LogP contribution in [0.25, 0.3) is 0 Å². The third kappa shape index (κ3) is 4.65. The molecular weight excluding hydrogens is 268 g/mol. The number of sulfone groups is 1. The average Bonchev–Trinajstić information content (AvgIpc) is 2.36. The van der Waals surface area contributed by atoms with Crippen molar-refractivity contribution in [1.29, 1.82) is 0 Å². The van der Waals surface area contributed by atoms with Crippen molar-refractivity contribution in [2.75, 3.05) is 12.9 Å². The number of methoxy groups -OCH3 is 1. The topological polar surface area (TPSA) is 80.7 Å². The quantitative estimate of drug-likeness (QED) is 0.812. The maximum absolute atomic E-state index is 12.1. The highest BCUT2D eigenvalue weighted by Crippen LogP contribution is 2.13. The van der Waals surface area contributed by atoms with Crippen LogP contribution in [0.15, 0.2) is 30.3 Å². The highest BCUT2D eigenvalue weighted by Gasteiger charge is 2.33. The van der Waals surface area contributed by atoms with Gasteiger partial charge in [0.25, 0.3) is 0 Å². The van der Waals surface area contributed by atoms with E-state index in [1.54, 1.807) is 37.3 Å². The Labute approximate surface area is 113 Å². The molecule has 0 aliphatic heterocycles. The first-order valence-corrected chi connectivity index (χ1v) is 7.59. The average molecular weight is 286 g/mol. The van der Waals surface area contributed by atoms with Gasteiger partial charge in [-0.25, -0.2) is 8.42 Å². The fraction of sp³-hybridized carbons (Fsp3) is 0.462. The highest BCUT2D eigenvalue weighted by atomic mass is 32.2. The number of carboxylic acid groups (broad SMARTS) is 1. The summed E-state index contributed by atoms with van der Waals surface area (Å²) in [5, 5.41) is 7.70. The van der Waals surface area contributed by atoms with Crippen LogP contribution in [-0.2, 0) is 25.8 Å². The zero-order valence-electron chi connectivity index (χ0n) is 10.9. The first-order chi connectivity index (χ1) is 8.86. The van der Waals surface area contributed by atoms with E-state index in [1.165, 1.54) is 7.11 Å². The third-order valence-electron chi connectivity index (χ3n) is 2.84. The van der Waals surface area contributed by atoms with Crippen LogP contribution < -0.4 is 0 Å². The number of hydrogen-bond acceptors (Lipinski definition) is 4. The number of aliphatic carboxylic acids is 1. The van der Waals surface area contributed by atoms with Crippen molar-refractivity contribution in [3.05, 3.63) is 35.9 Å². The summed E-state index contributed by atoms with van der Waals surface area (Å²) in [6, 6.07) is 8.72. The molecule has 5 nitrogen and oxygen atoms in total. The lowest BCUT2D eigenvalue weighted by Crippen LogP contribution is -2.37. The molecule has 0 aromatic heterocycles. The summed E-state index contributed by atoms with van der Waals surface area (Å²) >= 11 is 0. The Morgan fingerprint density at radius 2 is 1.89 bits per heavy atom. The number of ether oxygens (including phenoxy) is 1. The molecule has 0 saturated carbocycles. The summed E-state index contributed by atoms with van der Waals surface area (Å²) in [6.45, 7) is 1.60. The van der Waals surface area contributed by atoms with Gasteiger partial charge in [-0.3, -0.25) is 4.79 Å². The Hall–Kier alpha value is -1.40. The summed E-state index contributed by atoms with van der Waals surface area (Å²) < 4.78 is 29.1. The van der Waals surface area contributed by atoms with E-state index >= 15 is 0 Å². The van der Waals surface area contributed by atoms with E-state index in [4.69, 9.17) is 9.84 Å². The monoisotopic (exact) mass is 286 g/mol. The van der Waals surface area contributed by atoms with E-state index in [0.717, 1.165) is 0 Å². The summed E-state index contributed by atoms with van der Waals surface area (Å²) in [4.78, 5) is 11.2. The largest absolute Gasteiger partial charge is 0.480 e. The molecule has 106 valence electrons. The lowest BCUT2D eigenvalue weighted by atomic mass is 10.1. The van der Waals surface area contributed by atoms with Crippen molar-refractivity contribution < 1.29 is 23.1 Å². The lowest BCUT2D eigenvalue weighted by Gasteiger charge is -2.16. The molecule has 2 unspecified atom stereocenters. The fourth-order valence-corrected chi connectivity index (χ4v) is 3.48. The molecule has 0 spiro atoms. The minimum absolute atomic E-state index is 0.0328. The second kappa shape index (κ2) is 6.68. The Balaban J connectivity index is 2.92. The van der Waals surface area contributed by atoms with Gasteiger partial charge in [0, 0.05) is 7.11 Å². The maximum Gasteiger partial charge on any atom is 0.322 e. The minimum Gasteiger partial charge on any atom is -0.480 e. The predicted molar refractivity (Wildman–Crippen MR) is 71.8 cm³/mol. The highest BCUT2D eigenvalue weighted by molar-refractivity contribution is 7.92. The number of hydrogen-bond donors (Lipinski definition) is 1. The summed E-state index contributed by atoms with van der Waals surface area (Å²) in [7, 11) is -2.36. The van der Waals surface area contributed by atoms with Gasteiger partial charge in [-0.05, 0) is 18.9 Å². The number of rotatable bonds is 7. The SMILES string of the molecule is COC(C)CS(=O)(=O)C(Cc1ccccc1)C(=O)O. The van der Waals surface area contributed by atoms with Gasteiger partial charge in [-0.15, -0.1) is 0 Å². The Bertz CT molecular complexity index is 509. The molecule has 0 radical (unpaired) electrons. The Morgan fingerprint density at radius 1 is 1.32 bits per heavy atom. The maximum atomic E-state index is 12.1. The molecule has 1 N–H and O–H groups in total. The van der Waals surface area contributed by atoms with E-state index in [2.05, 4.69) is 0 Å². The summed E-state index contributed by atoms with van der Waals surface area (Å²) in [6.07, 6.45) is -0.558. The standard InChI is InChI=1S/C13H18O5S/c1-10(18-2)9-19(16,17)12(13(14)15)8-11-6-4-3-5-7-11/h3-7,10,12H,8-9H2,1-2H3,(H,14,15). The molecule has 2 atom stereocenters. The predicted octanol–water partition coefficient (Wildman–Crippen LogP) is 1.13. The summed E-state index contributed by atoms with van der Waals surface area (Å²) in [5.74, 6) is -1.63. The molecular formula is C13H18O5S. The molecule has 19 heavy (non-hydrogen) atoms. The van der Waals surface area contributed by atoms with Crippen LogP contribution >= 0.6 is 0 Å². The second-order valence-electron chi connectivity index (χ2n) is 4.39. The van der Waals surface area contributed by atoms with E-state index in [9.17, 15) is 13.2 Å². The van der Waals surface area contributed by atoms with Gasteiger partial charge >= 0.3 is 5.97 Å². The van der Waals surface area contributed by atoms with Crippen LogP contribution in [-0.4, -0.2) is 43.7 Å². The number of carboxylic acids is 1. The Kier molecular flexibility index (Phi) is 5.50. The second-order valence-corrected chi connectivity index (χ2v) is 6.62. The van der Waals surface area contributed by atoms with Gasteiger partial charge in [-0.2, -0.15) is 0 Å². The van der Waals surface area contributed by atoms with Gasteiger partial charge in [0.2, 0.25) is 0 Å². The fourth-order valence-electron chi connectivity index (χ4n) is 1.71. The van der Waals surface area contributed by atoms with Crippen molar-refractivity contribution in [2.24, 2.45) is 0 Å². The molecule has 1 aromatic carbocycles. The van der Waals surface area contributed by atoms with Crippen molar-refractivity contribution >= 4 is 15.8 Å². The molecule has 1 aromatic rings. The van der Waals surface area contributed by atoms with Crippen molar-refractivity contribution in [1.82, 2.24) is 0 Å². The van der Waals surface area contributed by atoms with Crippen LogP contribution in [0.2, 0.25) is 0 Å². The first-order valence-electron chi connectivity index (χ1n) is 5.88. The number of carbonyl (C=O) groups is 1. The molecule has 1 rings (SSSR count). The van der Waals surface area contributed by atoms with E-state index in [-0.39, 0.29) is 12.2 Å². The van der Waals surface area contributed by atoms with Gasteiger partial charge in [0.05, 0.1) is 11.9 Å². The molecule has 0 bridgehead atoms. The van der Waals surface area contributed by atoms with Crippen molar-refractivity contribution in [2.45, 2.75) is 24.7 Å². The van der Waals surface area contributed by atoms with Crippen LogP contribution in [0, 0.1) is 0 Å². The lowest BCUT2D eigenvalue weighted by molar-refractivity contribution is -0.136. The van der Waals surface area contributed by atoms with Crippen LogP contribution in [0.5, 0.6) is 0 Å². The van der Waals surface area contributed by atoms with Crippen LogP contribution in [0.3, 0.4) is 0 Å². The molecule has 0 amide bonds. The normalized spacial score (nSPS) is 14.8. The molecule has 6 heteroatoms.